The zero-order valence-corrected chi connectivity index (χ0v) is 17.1. The number of hydrogen-bond donors (Lipinski definition) is 0. The maximum Gasteiger partial charge on any atom is 0.240 e. The molecular weight excluding hydrogens is 348 g/mol. The number of carbonyl (C=O) groups is 1. The van der Waals surface area contributed by atoms with E-state index in [1.807, 2.05) is 42.8 Å². The van der Waals surface area contributed by atoms with Gasteiger partial charge in [0.25, 0.3) is 0 Å². The van der Waals surface area contributed by atoms with E-state index in [0.717, 1.165) is 30.5 Å². The third kappa shape index (κ3) is 5.17. The number of likely N-dealkylation sites (N-methyl/N-ethyl adjacent to an activating group) is 2. The van der Waals surface area contributed by atoms with Crippen LogP contribution in [0.4, 0.5) is 0 Å². The summed E-state index contributed by atoms with van der Waals surface area (Å²) in [7, 11) is -1.27. The topological polar surface area (TPSA) is 57.7 Å². The van der Waals surface area contributed by atoms with Crippen molar-refractivity contribution in [3.63, 3.8) is 0 Å². The maximum atomic E-state index is 12.8. The highest BCUT2D eigenvalue weighted by Crippen LogP contribution is 2.23. The number of rotatable bonds is 7. The second kappa shape index (κ2) is 8.82. The Bertz CT molecular complexity index is 754. The van der Waals surface area contributed by atoms with E-state index < -0.39 is 9.84 Å². The molecule has 0 bridgehead atoms. The second-order valence-electron chi connectivity index (χ2n) is 7.01. The molecular formula is C20H30N2O3S. The maximum absolute atomic E-state index is 12.8. The van der Waals surface area contributed by atoms with Crippen LogP contribution in [-0.4, -0.2) is 50.5 Å². The number of benzene rings is 1. The molecule has 0 spiro atoms. The first-order valence-corrected chi connectivity index (χ1v) is 11.1. The van der Waals surface area contributed by atoms with Crippen molar-refractivity contribution in [3.8, 4) is 0 Å². The lowest BCUT2D eigenvalue weighted by Crippen LogP contribution is -2.39. The van der Waals surface area contributed by atoms with E-state index in [-0.39, 0.29) is 11.9 Å². The van der Waals surface area contributed by atoms with Gasteiger partial charge in [-0.1, -0.05) is 18.2 Å². The van der Waals surface area contributed by atoms with Crippen LogP contribution in [0.5, 0.6) is 0 Å². The SMILES string of the molecule is CCN(C(=O)CN(C)C(C)c1ccc(S(C)(=O)=O)cc1)C1=CCCCC1. The summed E-state index contributed by atoms with van der Waals surface area (Å²) in [6.45, 7) is 5.07. The normalized spacial score (nSPS) is 16.3. The van der Waals surface area contributed by atoms with Crippen molar-refractivity contribution >= 4 is 15.7 Å². The first kappa shape index (κ1) is 20.6. The Morgan fingerprint density at radius 3 is 2.35 bits per heavy atom. The van der Waals surface area contributed by atoms with E-state index in [9.17, 15) is 13.2 Å². The van der Waals surface area contributed by atoms with E-state index >= 15 is 0 Å². The van der Waals surface area contributed by atoms with Gasteiger partial charge in [0.15, 0.2) is 9.84 Å². The van der Waals surface area contributed by atoms with Crippen LogP contribution in [0, 0.1) is 0 Å². The Morgan fingerprint density at radius 1 is 1.19 bits per heavy atom. The summed E-state index contributed by atoms with van der Waals surface area (Å²) in [5, 5.41) is 0. The highest BCUT2D eigenvalue weighted by Gasteiger charge is 2.22. The Kier molecular flexibility index (Phi) is 7.01. The Balaban J connectivity index is 2.04. The molecule has 0 saturated carbocycles. The summed E-state index contributed by atoms with van der Waals surface area (Å²) < 4.78 is 23.2. The van der Waals surface area contributed by atoms with Crippen LogP contribution in [0.25, 0.3) is 0 Å². The minimum atomic E-state index is -3.19. The summed E-state index contributed by atoms with van der Waals surface area (Å²) >= 11 is 0. The van der Waals surface area contributed by atoms with Gasteiger partial charge in [0.05, 0.1) is 11.4 Å². The fraction of sp³-hybridized carbons (Fsp3) is 0.550. The Hall–Kier alpha value is -1.66. The first-order chi connectivity index (χ1) is 12.2. The van der Waals surface area contributed by atoms with Crippen molar-refractivity contribution in [1.29, 1.82) is 0 Å². The van der Waals surface area contributed by atoms with Crippen LogP contribution in [0.3, 0.4) is 0 Å². The van der Waals surface area contributed by atoms with E-state index in [0.29, 0.717) is 18.0 Å². The lowest BCUT2D eigenvalue weighted by Gasteiger charge is -2.30. The zero-order valence-electron chi connectivity index (χ0n) is 16.2. The summed E-state index contributed by atoms with van der Waals surface area (Å²) in [5.41, 5.74) is 2.15. The lowest BCUT2D eigenvalue weighted by molar-refractivity contribution is -0.130. The standard InChI is InChI=1S/C20H30N2O3S/c1-5-22(18-9-7-6-8-10-18)20(23)15-21(3)16(2)17-11-13-19(14-12-17)26(4,24)25/h9,11-14,16H,5-8,10,15H2,1-4H3. The van der Waals surface area contributed by atoms with Gasteiger partial charge in [0.2, 0.25) is 5.91 Å². The van der Waals surface area contributed by atoms with Gasteiger partial charge in [-0.15, -0.1) is 0 Å². The predicted octanol–water partition coefficient (Wildman–Crippen LogP) is 3.39. The highest BCUT2D eigenvalue weighted by atomic mass is 32.2. The lowest BCUT2D eigenvalue weighted by atomic mass is 10.0. The zero-order chi connectivity index (χ0) is 19.3. The van der Waals surface area contributed by atoms with Gasteiger partial charge in [0.1, 0.15) is 0 Å². The molecule has 0 aromatic heterocycles. The summed E-state index contributed by atoms with van der Waals surface area (Å²) in [5.74, 6) is 0.114. The molecule has 1 aromatic carbocycles. The molecule has 2 rings (SSSR count). The Labute approximate surface area is 157 Å². The molecule has 0 radical (unpaired) electrons. The molecule has 1 atom stereocenters. The van der Waals surface area contributed by atoms with Gasteiger partial charge in [-0.25, -0.2) is 8.42 Å². The number of amides is 1. The van der Waals surface area contributed by atoms with Gasteiger partial charge in [-0.3, -0.25) is 9.69 Å². The van der Waals surface area contributed by atoms with Crippen molar-refractivity contribution in [2.24, 2.45) is 0 Å². The van der Waals surface area contributed by atoms with Crippen molar-refractivity contribution in [2.75, 3.05) is 26.4 Å². The molecule has 6 heteroatoms. The van der Waals surface area contributed by atoms with Crippen LogP contribution in [0.15, 0.2) is 40.9 Å². The van der Waals surface area contributed by atoms with E-state index in [1.54, 1.807) is 12.1 Å². The average Bonchev–Trinajstić information content (AvgIpc) is 2.62. The molecule has 0 aliphatic heterocycles. The molecule has 1 aliphatic rings. The van der Waals surface area contributed by atoms with Crippen molar-refractivity contribution in [1.82, 2.24) is 9.80 Å². The molecule has 0 heterocycles. The van der Waals surface area contributed by atoms with Gasteiger partial charge in [-0.2, -0.15) is 0 Å². The molecule has 1 aromatic rings. The molecule has 1 unspecified atom stereocenters. The molecule has 5 nitrogen and oxygen atoms in total. The number of carbonyl (C=O) groups excluding carboxylic acids is 1. The number of nitrogens with zero attached hydrogens (tertiary/aromatic N) is 2. The van der Waals surface area contributed by atoms with Crippen molar-refractivity contribution in [2.45, 2.75) is 50.5 Å². The van der Waals surface area contributed by atoms with Gasteiger partial charge >= 0.3 is 0 Å². The van der Waals surface area contributed by atoms with Crippen LogP contribution in [0.2, 0.25) is 0 Å². The molecule has 0 saturated heterocycles. The van der Waals surface area contributed by atoms with E-state index in [1.165, 1.54) is 12.7 Å². The first-order valence-electron chi connectivity index (χ1n) is 9.23. The molecule has 0 fully saturated rings. The smallest absolute Gasteiger partial charge is 0.240 e. The monoisotopic (exact) mass is 378 g/mol. The third-order valence-electron chi connectivity index (χ3n) is 5.07. The number of allylic oxidation sites excluding steroid dienone is 2. The van der Waals surface area contributed by atoms with Crippen LogP contribution >= 0.6 is 0 Å². The predicted molar refractivity (Wildman–Crippen MR) is 105 cm³/mol. The fourth-order valence-electron chi connectivity index (χ4n) is 3.29. The van der Waals surface area contributed by atoms with E-state index in [2.05, 4.69) is 6.08 Å². The van der Waals surface area contributed by atoms with Crippen LogP contribution in [-0.2, 0) is 14.6 Å². The minimum Gasteiger partial charge on any atom is -0.316 e. The van der Waals surface area contributed by atoms with Gasteiger partial charge in [-0.05, 0) is 64.3 Å². The fourth-order valence-corrected chi connectivity index (χ4v) is 3.92. The highest BCUT2D eigenvalue weighted by molar-refractivity contribution is 7.90. The largest absolute Gasteiger partial charge is 0.316 e. The quantitative estimate of drug-likeness (QED) is 0.730. The second-order valence-corrected chi connectivity index (χ2v) is 9.03. The average molecular weight is 379 g/mol. The van der Waals surface area contributed by atoms with Crippen molar-refractivity contribution < 1.29 is 13.2 Å². The van der Waals surface area contributed by atoms with Crippen LogP contribution in [0.1, 0.15) is 51.1 Å². The summed E-state index contributed by atoms with van der Waals surface area (Å²) in [6, 6.07) is 6.92. The minimum absolute atomic E-state index is 0.0200. The van der Waals surface area contributed by atoms with Crippen LogP contribution < -0.4 is 0 Å². The molecule has 26 heavy (non-hydrogen) atoms. The van der Waals surface area contributed by atoms with Gasteiger partial charge < -0.3 is 4.90 Å². The van der Waals surface area contributed by atoms with Crippen molar-refractivity contribution in [3.05, 3.63) is 41.6 Å². The molecule has 1 aliphatic carbocycles. The molecule has 144 valence electrons. The van der Waals surface area contributed by atoms with Gasteiger partial charge in [0, 0.05) is 24.5 Å². The van der Waals surface area contributed by atoms with E-state index in [4.69, 9.17) is 0 Å². The number of sulfone groups is 1. The number of hydrogen-bond acceptors (Lipinski definition) is 4. The summed E-state index contributed by atoms with van der Waals surface area (Å²) in [6.07, 6.45) is 7.78. The molecule has 0 N–H and O–H groups in total. The Morgan fingerprint density at radius 2 is 1.85 bits per heavy atom. The molecule has 1 amide bonds. The summed E-state index contributed by atoms with van der Waals surface area (Å²) in [4.78, 5) is 17.0. The third-order valence-corrected chi connectivity index (χ3v) is 6.20.